The van der Waals surface area contributed by atoms with Crippen LogP contribution in [0.4, 0.5) is 0 Å². The highest BCUT2D eigenvalue weighted by atomic mass is 35.5. The van der Waals surface area contributed by atoms with Gasteiger partial charge in [0.15, 0.2) is 10.3 Å². The Morgan fingerprint density at radius 2 is 2.07 bits per heavy atom. The molecule has 78 valence electrons. The van der Waals surface area contributed by atoms with Crippen LogP contribution in [0.2, 0.25) is 10.3 Å². The van der Waals surface area contributed by atoms with E-state index < -0.39 is 0 Å². The van der Waals surface area contributed by atoms with Crippen molar-refractivity contribution in [1.29, 1.82) is 0 Å². The Kier molecular flexibility index (Phi) is 4.99. The first-order valence-electron chi connectivity index (χ1n) is 4.41. The van der Waals surface area contributed by atoms with Crippen LogP contribution in [0, 0.1) is 5.92 Å². The lowest BCUT2D eigenvalue weighted by Gasteiger charge is -2.05. The van der Waals surface area contributed by atoms with Crippen LogP contribution in [0.5, 0.6) is 0 Å². The van der Waals surface area contributed by atoms with Crippen molar-refractivity contribution in [2.45, 2.75) is 25.2 Å². The van der Waals surface area contributed by atoms with Crippen molar-refractivity contribution in [2.24, 2.45) is 5.92 Å². The zero-order valence-electron chi connectivity index (χ0n) is 8.13. The first-order chi connectivity index (χ1) is 6.59. The molecule has 0 unspecified atom stereocenters. The summed E-state index contributed by atoms with van der Waals surface area (Å²) < 4.78 is 0. The van der Waals surface area contributed by atoms with Crippen molar-refractivity contribution in [3.63, 3.8) is 0 Å². The second-order valence-electron chi connectivity index (χ2n) is 3.35. The molecule has 5 heteroatoms. The summed E-state index contributed by atoms with van der Waals surface area (Å²) in [5.74, 6) is 1.73. The maximum absolute atomic E-state index is 5.86. The average Bonchev–Trinajstić information content (AvgIpc) is 2.10. The number of hydrogen-bond donors (Lipinski definition) is 0. The van der Waals surface area contributed by atoms with Gasteiger partial charge in [0.25, 0.3) is 0 Å². The fraction of sp³-hybridized carbons (Fsp3) is 0.556. The van der Waals surface area contributed by atoms with Crippen LogP contribution < -0.4 is 0 Å². The molecule has 0 bridgehead atoms. The van der Waals surface area contributed by atoms with Crippen LogP contribution in [-0.4, -0.2) is 16.0 Å². The zero-order valence-corrected chi connectivity index (χ0v) is 10.5. The minimum atomic E-state index is 0.390. The molecule has 0 saturated carbocycles. The second kappa shape index (κ2) is 5.79. The molecule has 0 radical (unpaired) electrons. The van der Waals surface area contributed by atoms with Gasteiger partial charge in [-0.05, 0) is 24.2 Å². The minimum Gasteiger partial charge on any atom is -0.137 e. The number of aromatic nitrogens is 2. The molecule has 0 aliphatic rings. The number of hydrogen-bond acceptors (Lipinski definition) is 3. The van der Waals surface area contributed by atoms with Crippen LogP contribution in [-0.2, 0) is 0 Å². The summed E-state index contributed by atoms with van der Waals surface area (Å²) >= 11 is 13.2. The molecule has 0 N–H and O–H groups in total. The Morgan fingerprint density at radius 3 is 2.71 bits per heavy atom. The summed E-state index contributed by atoms with van der Waals surface area (Å²) in [7, 11) is 0. The van der Waals surface area contributed by atoms with Gasteiger partial charge in [-0.1, -0.05) is 37.0 Å². The molecule has 0 aliphatic heterocycles. The van der Waals surface area contributed by atoms with E-state index in [0.717, 1.165) is 17.1 Å². The first-order valence-corrected chi connectivity index (χ1v) is 6.15. The molecular weight excluding hydrogens is 239 g/mol. The normalized spacial score (nSPS) is 10.9. The third-order valence-corrected chi connectivity index (χ3v) is 3.28. The van der Waals surface area contributed by atoms with Crippen molar-refractivity contribution >= 4 is 35.0 Å². The average molecular weight is 251 g/mol. The fourth-order valence-electron chi connectivity index (χ4n) is 0.843. The van der Waals surface area contributed by atoms with Gasteiger partial charge in [0, 0.05) is 4.90 Å². The number of nitrogens with zero attached hydrogens (tertiary/aromatic N) is 2. The van der Waals surface area contributed by atoms with Crippen molar-refractivity contribution in [2.75, 3.05) is 5.75 Å². The molecule has 1 heterocycles. The van der Waals surface area contributed by atoms with Gasteiger partial charge in [-0.2, -0.15) is 0 Å². The van der Waals surface area contributed by atoms with Gasteiger partial charge < -0.3 is 0 Å². The minimum absolute atomic E-state index is 0.390. The van der Waals surface area contributed by atoms with Gasteiger partial charge in [-0.15, -0.1) is 22.0 Å². The summed E-state index contributed by atoms with van der Waals surface area (Å²) in [4.78, 5) is 0.910. The number of thioether (sulfide) groups is 1. The smallest absolute Gasteiger partial charge is 0.137 e. The van der Waals surface area contributed by atoms with Gasteiger partial charge in [0.05, 0.1) is 0 Å². The molecule has 1 aromatic rings. The van der Waals surface area contributed by atoms with Crippen LogP contribution in [0.1, 0.15) is 20.3 Å². The van der Waals surface area contributed by atoms with Gasteiger partial charge in [-0.25, -0.2) is 0 Å². The Morgan fingerprint density at radius 1 is 1.36 bits per heavy atom. The lowest BCUT2D eigenvalue weighted by atomic mass is 10.2. The van der Waals surface area contributed by atoms with Gasteiger partial charge in [-0.3, -0.25) is 0 Å². The predicted molar refractivity (Wildman–Crippen MR) is 62.2 cm³/mol. The lowest BCUT2D eigenvalue weighted by molar-refractivity contribution is 0.632. The highest BCUT2D eigenvalue weighted by molar-refractivity contribution is 7.99. The largest absolute Gasteiger partial charge is 0.165 e. The Labute approximate surface area is 98.4 Å². The van der Waals surface area contributed by atoms with E-state index in [9.17, 15) is 0 Å². The molecule has 0 saturated heterocycles. The molecule has 14 heavy (non-hydrogen) atoms. The zero-order chi connectivity index (χ0) is 10.6. The van der Waals surface area contributed by atoms with Gasteiger partial charge in [0.2, 0.25) is 0 Å². The number of rotatable bonds is 4. The van der Waals surface area contributed by atoms with E-state index in [2.05, 4.69) is 24.0 Å². The molecule has 0 fully saturated rings. The topological polar surface area (TPSA) is 25.8 Å². The van der Waals surface area contributed by atoms with Crippen LogP contribution in [0.3, 0.4) is 0 Å². The Bertz CT molecular complexity index is 305. The Hall–Kier alpha value is 0.01000. The van der Waals surface area contributed by atoms with Gasteiger partial charge >= 0.3 is 0 Å². The second-order valence-corrected chi connectivity index (χ2v) is 5.24. The summed E-state index contributed by atoms with van der Waals surface area (Å²) in [6.07, 6.45) is 1.15. The van der Waals surface area contributed by atoms with E-state index in [0.29, 0.717) is 16.2 Å². The molecule has 0 spiro atoms. The third-order valence-electron chi connectivity index (χ3n) is 1.64. The molecule has 0 aliphatic carbocycles. The summed E-state index contributed by atoms with van der Waals surface area (Å²) in [6, 6.07) is 1.75. The predicted octanol–water partition coefficient (Wildman–Crippen LogP) is 3.92. The maximum Gasteiger partial charge on any atom is 0.165 e. The van der Waals surface area contributed by atoms with E-state index in [1.165, 1.54) is 0 Å². The van der Waals surface area contributed by atoms with Crippen molar-refractivity contribution in [3.8, 4) is 0 Å². The maximum atomic E-state index is 5.86. The monoisotopic (exact) mass is 250 g/mol. The molecule has 0 amide bonds. The van der Waals surface area contributed by atoms with Crippen molar-refractivity contribution < 1.29 is 0 Å². The highest BCUT2D eigenvalue weighted by Crippen LogP contribution is 2.27. The molecule has 2 nitrogen and oxygen atoms in total. The standard InChI is InChI=1S/C9H12Cl2N2S/c1-6(2)3-4-14-7-5-8(10)12-13-9(7)11/h5-6H,3-4H2,1-2H3. The fourth-order valence-corrected chi connectivity index (χ4v) is 2.48. The van der Waals surface area contributed by atoms with E-state index in [1.807, 2.05) is 0 Å². The highest BCUT2D eigenvalue weighted by Gasteiger charge is 2.05. The van der Waals surface area contributed by atoms with E-state index in [1.54, 1.807) is 17.8 Å². The quantitative estimate of drug-likeness (QED) is 0.758. The van der Waals surface area contributed by atoms with Crippen LogP contribution in [0.15, 0.2) is 11.0 Å². The molecule has 1 rings (SSSR count). The molecule has 0 atom stereocenters. The van der Waals surface area contributed by atoms with Crippen LogP contribution >= 0.6 is 35.0 Å². The first kappa shape index (κ1) is 12.1. The SMILES string of the molecule is CC(C)CCSc1cc(Cl)nnc1Cl. The van der Waals surface area contributed by atoms with Gasteiger partial charge in [0.1, 0.15) is 0 Å². The van der Waals surface area contributed by atoms with E-state index in [4.69, 9.17) is 23.2 Å². The molecule has 1 aromatic heterocycles. The van der Waals surface area contributed by atoms with Crippen molar-refractivity contribution in [1.82, 2.24) is 10.2 Å². The van der Waals surface area contributed by atoms with Crippen LogP contribution in [0.25, 0.3) is 0 Å². The lowest BCUT2D eigenvalue weighted by Crippen LogP contribution is -1.91. The van der Waals surface area contributed by atoms with E-state index in [-0.39, 0.29) is 0 Å². The van der Waals surface area contributed by atoms with Crippen molar-refractivity contribution in [3.05, 3.63) is 16.4 Å². The van der Waals surface area contributed by atoms with E-state index >= 15 is 0 Å². The summed E-state index contributed by atoms with van der Waals surface area (Å²) in [6.45, 7) is 4.39. The Balaban J connectivity index is 2.53. The summed E-state index contributed by atoms with van der Waals surface area (Å²) in [5.41, 5.74) is 0. The molecule has 0 aromatic carbocycles. The molecular formula is C9H12Cl2N2S. The third kappa shape index (κ3) is 4.03. The summed E-state index contributed by atoms with van der Waals surface area (Å²) in [5, 5.41) is 8.22. The number of halogens is 2.